The third kappa shape index (κ3) is 10.3. The van der Waals surface area contributed by atoms with Crippen molar-refractivity contribution in [1.82, 2.24) is 0 Å². The number of allylic oxidation sites excluding steroid dienone is 3. The van der Waals surface area contributed by atoms with Crippen LogP contribution >= 0.6 is 0 Å². The SMILES string of the molecule is CC1=CC(=O)CC(C)(C)[C@@]1(O)/C=C/C(C)=C\C(=O)O.O=S([O-])[O-].[Na+].[Na+]. The van der Waals surface area contributed by atoms with Gasteiger partial charge < -0.3 is 19.3 Å². The van der Waals surface area contributed by atoms with E-state index in [4.69, 9.17) is 18.4 Å². The first-order valence-corrected chi connectivity index (χ1v) is 7.63. The van der Waals surface area contributed by atoms with E-state index in [1.807, 2.05) is 13.8 Å². The molecule has 1 aliphatic carbocycles. The molecule has 0 saturated heterocycles. The van der Waals surface area contributed by atoms with Crippen LogP contribution in [0.2, 0.25) is 0 Å². The Kier molecular flexibility index (Phi) is 15.3. The van der Waals surface area contributed by atoms with Gasteiger partial charge >= 0.3 is 65.1 Å². The number of rotatable bonds is 3. The Morgan fingerprint density at radius 1 is 1.32 bits per heavy atom. The Bertz CT molecular complexity index is 593. The molecule has 1 aliphatic rings. The first-order valence-electron chi connectivity index (χ1n) is 6.63. The third-order valence-corrected chi connectivity index (χ3v) is 3.57. The van der Waals surface area contributed by atoms with Crippen LogP contribution in [0.3, 0.4) is 0 Å². The van der Waals surface area contributed by atoms with Gasteiger partial charge in [-0.3, -0.25) is 9.00 Å². The van der Waals surface area contributed by atoms with Crippen molar-refractivity contribution in [2.24, 2.45) is 5.41 Å². The molecule has 0 amide bonds. The minimum Gasteiger partial charge on any atom is -0.784 e. The van der Waals surface area contributed by atoms with Crippen LogP contribution in [-0.2, 0) is 21.0 Å². The summed E-state index contributed by atoms with van der Waals surface area (Å²) in [5, 5.41) is 19.4. The second kappa shape index (κ2) is 12.7. The Balaban J connectivity index is -0.000000728. The molecule has 10 heteroatoms. The van der Waals surface area contributed by atoms with Crippen molar-refractivity contribution in [1.29, 1.82) is 0 Å². The molecule has 0 heterocycles. The van der Waals surface area contributed by atoms with Gasteiger partial charge in [-0.2, -0.15) is 0 Å². The van der Waals surface area contributed by atoms with E-state index in [2.05, 4.69) is 0 Å². The van der Waals surface area contributed by atoms with E-state index in [9.17, 15) is 14.7 Å². The number of carbonyl (C=O) groups is 2. The van der Waals surface area contributed by atoms with Crippen LogP contribution in [0.25, 0.3) is 0 Å². The van der Waals surface area contributed by atoms with Crippen LogP contribution in [0.4, 0.5) is 0 Å². The average molecular weight is 390 g/mol. The van der Waals surface area contributed by atoms with Gasteiger partial charge in [-0.1, -0.05) is 19.9 Å². The van der Waals surface area contributed by atoms with Crippen molar-refractivity contribution in [2.45, 2.75) is 39.7 Å². The van der Waals surface area contributed by atoms with Crippen molar-refractivity contribution < 1.29 is 92.2 Å². The van der Waals surface area contributed by atoms with Gasteiger partial charge in [0.25, 0.3) is 0 Å². The summed E-state index contributed by atoms with van der Waals surface area (Å²) in [6.07, 6.45) is 5.92. The molecule has 0 aromatic heterocycles. The van der Waals surface area contributed by atoms with Crippen molar-refractivity contribution in [3.8, 4) is 0 Å². The maximum Gasteiger partial charge on any atom is 1.00 e. The third-order valence-electron chi connectivity index (χ3n) is 3.57. The minimum absolute atomic E-state index is 0. The number of carbonyl (C=O) groups excluding carboxylic acids is 1. The molecule has 0 bridgehead atoms. The molecule has 1 atom stereocenters. The molecule has 1 rings (SSSR count). The van der Waals surface area contributed by atoms with Crippen LogP contribution < -0.4 is 59.1 Å². The summed E-state index contributed by atoms with van der Waals surface area (Å²) in [5.41, 5.74) is -0.758. The molecule has 0 aromatic carbocycles. The molecular formula is C15H20Na2O7S. The molecule has 0 saturated carbocycles. The van der Waals surface area contributed by atoms with Crippen LogP contribution in [0.1, 0.15) is 34.1 Å². The van der Waals surface area contributed by atoms with E-state index in [0.717, 1.165) is 6.08 Å². The quantitative estimate of drug-likeness (QED) is 0.214. The molecule has 0 radical (unpaired) electrons. The molecule has 7 nitrogen and oxygen atoms in total. The molecular weight excluding hydrogens is 370 g/mol. The fourth-order valence-corrected chi connectivity index (χ4v) is 2.36. The summed E-state index contributed by atoms with van der Waals surface area (Å²) in [6, 6.07) is 0. The standard InChI is InChI=1S/C15H20O4.2Na.H2O3S/c1-10(7-13(17)18)5-6-15(19)11(2)8-12(16)9-14(15,3)4;;;1-4(2)3/h5-8,19H,9H2,1-4H3,(H,17,18);;;(H2,1,2,3)/q;2*+1;/p-2/b6-5+,10-7-;;;/t15-;;;/m1.../s1. The van der Waals surface area contributed by atoms with Crippen LogP contribution in [-0.4, -0.2) is 40.9 Å². The minimum atomic E-state index is -3.11. The van der Waals surface area contributed by atoms with Crippen LogP contribution in [0.15, 0.2) is 35.5 Å². The summed E-state index contributed by atoms with van der Waals surface area (Å²) in [4.78, 5) is 22.1. The summed E-state index contributed by atoms with van der Waals surface area (Å²) >= 11 is -3.11. The first kappa shape index (κ1) is 30.1. The van der Waals surface area contributed by atoms with Crippen molar-refractivity contribution >= 4 is 23.1 Å². The van der Waals surface area contributed by atoms with Crippen LogP contribution in [0.5, 0.6) is 0 Å². The molecule has 25 heavy (non-hydrogen) atoms. The maximum absolute atomic E-state index is 11.6. The summed E-state index contributed by atoms with van der Waals surface area (Å²) < 4.78 is 25.3. The van der Waals surface area contributed by atoms with Crippen molar-refractivity contribution in [2.75, 3.05) is 0 Å². The number of aliphatic hydroxyl groups is 1. The predicted octanol–water partition coefficient (Wildman–Crippen LogP) is -4.75. The number of aliphatic carboxylic acids is 1. The second-order valence-corrected chi connectivity index (χ2v) is 6.29. The van der Waals surface area contributed by atoms with E-state index >= 15 is 0 Å². The fourth-order valence-electron chi connectivity index (χ4n) is 2.36. The molecule has 130 valence electrons. The fraction of sp³-hybridized carbons (Fsp3) is 0.467. The largest absolute Gasteiger partial charge is 1.00 e. The van der Waals surface area contributed by atoms with Crippen LogP contribution in [0, 0.1) is 5.41 Å². The van der Waals surface area contributed by atoms with E-state index < -0.39 is 28.3 Å². The number of carboxylic acid groups (broad SMARTS) is 1. The summed E-state index contributed by atoms with van der Waals surface area (Å²) in [6.45, 7) is 7.00. The van der Waals surface area contributed by atoms with E-state index in [-0.39, 0.29) is 71.3 Å². The Labute approximate surface area is 194 Å². The van der Waals surface area contributed by atoms with Gasteiger partial charge in [0.05, 0.1) is 0 Å². The first-order chi connectivity index (χ1) is 10.3. The van der Waals surface area contributed by atoms with E-state index in [1.54, 1.807) is 26.0 Å². The smallest absolute Gasteiger partial charge is 0.784 e. The van der Waals surface area contributed by atoms with Gasteiger partial charge in [0.2, 0.25) is 0 Å². The zero-order valence-corrected chi connectivity index (χ0v) is 20.2. The number of ketones is 1. The van der Waals surface area contributed by atoms with Gasteiger partial charge in [-0.15, -0.1) is 11.4 Å². The van der Waals surface area contributed by atoms with E-state index in [0.29, 0.717) is 11.1 Å². The van der Waals surface area contributed by atoms with E-state index in [1.165, 1.54) is 6.08 Å². The van der Waals surface area contributed by atoms with Crippen molar-refractivity contribution in [3.63, 3.8) is 0 Å². The molecule has 0 aromatic rings. The monoisotopic (exact) mass is 390 g/mol. The number of hydrogen-bond donors (Lipinski definition) is 2. The molecule has 0 aliphatic heterocycles. The van der Waals surface area contributed by atoms with Crippen molar-refractivity contribution in [3.05, 3.63) is 35.5 Å². The maximum atomic E-state index is 11.6. The molecule has 0 unspecified atom stereocenters. The van der Waals surface area contributed by atoms with Gasteiger partial charge in [0.15, 0.2) is 5.78 Å². The normalized spacial score (nSPS) is 22.3. The summed E-state index contributed by atoms with van der Waals surface area (Å²) in [7, 11) is 0. The van der Waals surface area contributed by atoms with Gasteiger partial charge in [0.1, 0.15) is 5.60 Å². The Morgan fingerprint density at radius 2 is 1.76 bits per heavy atom. The molecule has 0 spiro atoms. The number of hydrogen-bond acceptors (Lipinski definition) is 6. The zero-order valence-electron chi connectivity index (χ0n) is 15.4. The zero-order chi connectivity index (χ0) is 18.4. The topological polar surface area (TPSA) is 138 Å². The number of carboxylic acids is 1. The summed E-state index contributed by atoms with van der Waals surface area (Å²) in [5.74, 6) is -1.03. The Morgan fingerprint density at radius 3 is 2.12 bits per heavy atom. The van der Waals surface area contributed by atoms with Gasteiger partial charge in [-0.05, 0) is 37.1 Å². The predicted molar refractivity (Wildman–Crippen MR) is 82.3 cm³/mol. The molecule has 2 N–H and O–H groups in total. The average Bonchev–Trinajstić information content (AvgIpc) is 2.31. The molecule has 0 fully saturated rings. The van der Waals surface area contributed by atoms with Gasteiger partial charge in [-0.25, -0.2) is 4.79 Å². The Hall–Kier alpha value is 0.390. The second-order valence-electron chi connectivity index (χ2n) is 5.88. The van der Waals surface area contributed by atoms with Gasteiger partial charge in [0, 0.05) is 17.9 Å².